The molecule has 1 aromatic carbocycles. The SMILES string of the molecule is CCCCCC(=O)Nc1cc(SC(CC)C(=O)OCC(C)C)c(Cl)cc1F. The van der Waals surface area contributed by atoms with Gasteiger partial charge in [0.2, 0.25) is 5.91 Å². The molecule has 0 aliphatic carbocycles. The molecule has 1 aromatic rings. The number of rotatable bonds is 11. The van der Waals surface area contributed by atoms with E-state index in [0.717, 1.165) is 25.3 Å². The number of anilines is 1. The second-order valence-electron chi connectivity index (χ2n) is 6.81. The van der Waals surface area contributed by atoms with E-state index in [1.165, 1.54) is 17.8 Å². The first kappa shape index (κ1) is 23.8. The monoisotopic (exact) mass is 417 g/mol. The van der Waals surface area contributed by atoms with Crippen LogP contribution in [0.4, 0.5) is 10.1 Å². The average Bonchev–Trinajstić information content (AvgIpc) is 2.61. The highest BCUT2D eigenvalue weighted by molar-refractivity contribution is 8.00. The first-order valence-corrected chi connectivity index (χ1v) is 10.7. The van der Waals surface area contributed by atoms with Crippen LogP contribution < -0.4 is 5.32 Å². The van der Waals surface area contributed by atoms with E-state index in [4.69, 9.17) is 16.3 Å². The Morgan fingerprint density at radius 2 is 1.96 bits per heavy atom. The van der Waals surface area contributed by atoms with Crippen molar-refractivity contribution < 1.29 is 18.7 Å². The molecular formula is C20H29ClFNO3S. The summed E-state index contributed by atoms with van der Waals surface area (Å²) in [5.41, 5.74) is 0.0776. The van der Waals surface area contributed by atoms with Gasteiger partial charge in [-0.25, -0.2) is 4.39 Å². The predicted molar refractivity (Wildman–Crippen MR) is 110 cm³/mol. The molecule has 0 heterocycles. The third-order valence-corrected chi connectivity index (χ3v) is 5.59. The smallest absolute Gasteiger partial charge is 0.319 e. The molecule has 1 atom stereocenters. The van der Waals surface area contributed by atoms with E-state index in [-0.39, 0.29) is 28.5 Å². The normalized spacial score (nSPS) is 12.1. The van der Waals surface area contributed by atoms with Crippen LogP contribution in [0.5, 0.6) is 0 Å². The van der Waals surface area contributed by atoms with Crippen molar-refractivity contribution in [3.63, 3.8) is 0 Å². The number of carbonyl (C=O) groups excluding carboxylic acids is 2. The molecule has 0 aliphatic heterocycles. The van der Waals surface area contributed by atoms with Crippen LogP contribution in [0, 0.1) is 11.7 Å². The number of nitrogens with one attached hydrogen (secondary N) is 1. The first-order valence-electron chi connectivity index (χ1n) is 9.40. The number of ether oxygens (including phenoxy) is 1. The van der Waals surface area contributed by atoms with Crippen molar-refractivity contribution in [2.45, 2.75) is 69.9 Å². The Bertz CT molecular complexity index is 640. The molecule has 1 rings (SSSR count). The van der Waals surface area contributed by atoms with Crippen molar-refractivity contribution in [2.75, 3.05) is 11.9 Å². The van der Waals surface area contributed by atoms with Crippen LogP contribution >= 0.6 is 23.4 Å². The number of halogens is 2. The van der Waals surface area contributed by atoms with Gasteiger partial charge < -0.3 is 10.1 Å². The van der Waals surface area contributed by atoms with Gasteiger partial charge in [0.15, 0.2) is 0 Å². The van der Waals surface area contributed by atoms with E-state index in [9.17, 15) is 14.0 Å². The van der Waals surface area contributed by atoms with Crippen LogP contribution in [0.1, 0.15) is 59.8 Å². The molecule has 0 spiro atoms. The highest BCUT2D eigenvalue weighted by Gasteiger charge is 2.22. The molecule has 0 saturated heterocycles. The van der Waals surface area contributed by atoms with Gasteiger partial charge in [-0.2, -0.15) is 0 Å². The summed E-state index contributed by atoms with van der Waals surface area (Å²) in [5.74, 6) is -0.894. The lowest BCUT2D eigenvalue weighted by Crippen LogP contribution is -2.21. The summed E-state index contributed by atoms with van der Waals surface area (Å²) in [6.07, 6.45) is 3.62. The van der Waals surface area contributed by atoms with Crippen molar-refractivity contribution in [1.82, 2.24) is 0 Å². The molecule has 1 N–H and O–H groups in total. The number of benzene rings is 1. The summed E-state index contributed by atoms with van der Waals surface area (Å²) in [5, 5.41) is 2.36. The maximum atomic E-state index is 14.2. The van der Waals surface area contributed by atoms with E-state index >= 15 is 0 Å². The van der Waals surface area contributed by atoms with Gasteiger partial charge in [0.25, 0.3) is 0 Å². The molecule has 7 heteroatoms. The fourth-order valence-corrected chi connectivity index (χ4v) is 3.54. The van der Waals surface area contributed by atoms with Crippen molar-refractivity contribution in [3.8, 4) is 0 Å². The van der Waals surface area contributed by atoms with Crippen LogP contribution in [0.15, 0.2) is 17.0 Å². The molecule has 1 unspecified atom stereocenters. The minimum atomic E-state index is -0.594. The van der Waals surface area contributed by atoms with Crippen molar-refractivity contribution in [3.05, 3.63) is 23.0 Å². The summed E-state index contributed by atoms with van der Waals surface area (Å²) in [6.45, 7) is 8.21. The fraction of sp³-hybridized carbons (Fsp3) is 0.600. The van der Waals surface area contributed by atoms with Crippen LogP contribution in [-0.4, -0.2) is 23.7 Å². The minimum Gasteiger partial charge on any atom is -0.465 e. The number of unbranched alkanes of at least 4 members (excludes halogenated alkanes) is 2. The zero-order chi connectivity index (χ0) is 20.4. The summed E-state index contributed by atoms with van der Waals surface area (Å²) >= 11 is 7.37. The first-order chi connectivity index (χ1) is 12.8. The molecule has 0 radical (unpaired) electrons. The molecular weight excluding hydrogens is 389 g/mol. The van der Waals surface area contributed by atoms with E-state index in [2.05, 4.69) is 12.2 Å². The van der Waals surface area contributed by atoms with Crippen LogP contribution in [-0.2, 0) is 14.3 Å². The van der Waals surface area contributed by atoms with Gasteiger partial charge in [0.1, 0.15) is 11.1 Å². The quantitative estimate of drug-likeness (QED) is 0.270. The van der Waals surface area contributed by atoms with Crippen LogP contribution in [0.25, 0.3) is 0 Å². The number of hydrogen-bond acceptors (Lipinski definition) is 4. The van der Waals surface area contributed by atoms with Crippen molar-refractivity contribution in [1.29, 1.82) is 0 Å². The number of hydrogen-bond donors (Lipinski definition) is 1. The Morgan fingerprint density at radius 3 is 2.56 bits per heavy atom. The summed E-state index contributed by atoms with van der Waals surface area (Å²) in [6, 6.07) is 2.65. The Labute approximate surface area is 170 Å². The summed E-state index contributed by atoms with van der Waals surface area (Å²) in [4.78, 5) is 24.8. The zero-order valence-electron chi connectivity index (χ0n) is 16.4. The molecule has 0 aromatic heterocycles. The average molecular weight is 418 g/mol. The summed E-state index contributed by atoms with van der Waals surface area (Å²) in [7, 11) is 0. The van der Waals surface area contributed by atoms with Crippen molar-refractivity contribution >= 4 is 40.9 Å². The minimum absolute atomic E-state index is 0.0776. The fourth-order valence-electron chi connectivity index (χ4n) is 2.26. The highest BCUT2D eigenvalue weighted by atomic mass is 35.5. The Kier molecular flexibility index (Phi) is 10.8. The molecule has 0 aliphatic rings. The lowest BCUT2D eigenvalue weighted by atomic mass is 10.2. The number of amides is 1. The van der Waals surface area contributed by atoms with Gasteiger partial charge in [-0.1, -0.05) is 52.1 Å². The molecule has 27 heavy (non-hydrogen) atoms. The van der Waals surface area contributed by atoms with Crippen molar-refractivity contribution in [2.24, 2.45) is 5.92 Å². The topological polar surface area (TPSA) is 55.4 Å². The number of esters is 1. The highest BCUT2D eigenvalue weighted by Crippen LogP contribution is 2.36. The second kappa shape index (κ2) is 12.2. The van der Waals surface area contributed by atoms with Gasteiger partial charge in [-0.3, -0.25) is 9.59 Å². The largest absolute Gasteiger partial charge is 0.465 e. The number of thioether (sulfide) groups is 1. The van der Waals surface area contributed by atoms with Crippen LogP contribution in [0.2, 0.25) is 5.02 Å². The molecule has 0 saturated carbocycles. The van der Waals surface area contributed by atoms with E-state index in [1.807, 2.05) is 20.8 Å². The van der Waals surface area contributed by atoms with Gasteiger partial charge >= 0.3 is 5.97 Å². The van der Waals surface area contributed by atoms with E-state index < -0.39 is 11.1 Å². The maximum absolute atomic E-state index is 14.2. The lowest BCUT2D eigenvalue weighted by molar-refractivity contribution is -0.144. The lowest BCUT2D eigenvalue weighted by Gasteiger charge is -2.17. The Morgan fingerprint density at radius 1 is 1.26 bits per heavy atom. The summed E-state index contributed by atoms with van der Waals surface area (Å²) < 4.78 is 19.5. The Hall–Kier alpha value is -1.27. The van der Waals surface area contributed by atoms with Gasteiger partial charge in [0, 0.05) is 11.3 Å². The number of carbonyl (C=O) groups is 2. The van der Waals surface area contributed by atoms with Gasteiger partial charge in [0.05, 0.1) is 17.3 Å². The molecule has 0 fully saturated rings. The van der Waals surface area contributed by atoms with Gasteiger partial charge in [-0.05, 0) is 30.9 Å². The standard InChI is InChI=1S/C20H29ClFNO3S/c1-5-7-8-9-19(24)23-16-11-18(14(21)10-15(16)22)27-17(6-2)20(25)26-12-13(3)4/h10-11,13,17H,5-9,12H2,1-4H3,(H,23,24). The van der Waals surface area contributed by atoms with E-state index in [1.54, 1.807) is 0 Å². The molecule has 1 amide bonds. The maximum Gasteiger partial charge on any atom is 0.319 e. The molecule has 0 bridgehead atoms. The zero-order valence-corrected chi connectivity index (χ0v) is 18.0. The third-order valence-electron chi connectivity index (χ3n) is 3.76. The third kappa shape index (κ3) is 8.52. The van der Waals surface area contributed by atoms with Crippen LogP contribution in [0.3, 0.4) is 0 Å². The molecule has 152 valence electrons. The van der Waals surface area contributed by atoms with E-state index in [0.29, 0.717) is 24.3 Å². The molecule has 4 nitrogen and oxygen atoms in total. The predicted octanol–water partition coefficient (Wildman–Crippen LogP) is 6.07. The Balaban J connectivity index is 2.84. The van der Waals surface area contributed by atoms with Gasteiger partial charge in [-0.15, -0.1) is 11.8 Å². The second-order valence-corrected chi connectivity index (χ2v) is 8.46.